The van der Waals surface area contributed by atoms with Crippen LogP contribution in [0, 0.1) is 6.92 Å². The third-order valence-corrected chi connectivity index (χ3v) is 2.50. The Hall–Kier alpha value is -2.04. The number of hydrogen-bond acceptors (Lipinski definition) is 4. The Bertz CT molecular complexity index is 478. The first-order chi connectivity index (χ1) is 8.08. The van der Waals surface area contributed by atoms with Crippen LogP contribution >= 0.6 is 0 Å². The Kier molecular flexibility index (Phi) is 2.99. The van der Waals surface area contributed by atoms with Gasteiger partial charge in [-0.15, -0.1) is 0 Å². The molecule has 1 aliphatic heterocycles. The molecule has 1 aliphatic rings. The Morgan fingerprint density at radius 2 is 1.82 bits per heavy atom. The summed E-state index contributed by atoms with van der Waals surface area (Å²) in [5, 5.41) is 8.60. The van der Waals surface area contributed by atoms with Gasteiger partial charge in [-0.05, 0) is 24.6 Å². The van der Waals surface area contributed by atoms with E-state index in [4.69, 9.17) is 14.6 Å². The number of aliphatic carboxylic acids is 1. The average Bonchev–Trinajstić information content (AvgIpc) is 2.27. The minimum atomic E-state index is -1.13. The van der Waals surface area contributed by atoms with Crippen LogP contribution in [-0.2, 0) is 4.79 Å². The SMILES string of the molecule is Cc1cc2c(cc1C(=O)CC(=O)O)OCCO2. The lowest BCUT2D eigenvalue weighted by Crippen LogP contribution is -2.17. The van der Waals surface area contributed by atoms with Crippen molar-refractivity contribution in [2.75, 3.05) is 13.2 Å². The molecule has 0 aromatic heterocycles. The molecule has 1 N–H and O–H groups in total. The van der Waals surface area contributed by atoms with E-state index in [0.717, 1.165) is 0 Å². The third kappa shape index (κ3) is 2.38. The highest BCUT2D eigenvalue weighted by Crippen LogP contribution is 2.33. The zero-order valence-electron chi connectivity index (χ0n) is 9.36. The molecular formula is C12H12O5. The van der Waals surface area contributed by atoms with Crippen LogP contribution in [0.4, 0.5) is 0 Å². The molecule has 0 fully saturated rings. The molecule has 17 heavy (non-hydrogen) atoms. The number of benzene rings is 1. The van der Waals surface area contributed by atoms with Crippen LogP contribution in [0.5, 0.6) is 11.5 Å². The van der Waals surface area contributed by atoms with Crippen LogP contribution in [0.2, 0.25) is 0 Å². The summed E-state index contributed by atoms with van der Waals surface area (Å²) in [4.78, 5) is 22.2. The van der Waals surface area contributed by atoms with Crippen molar-refractivity contribution in [3.05, 3.63) is 23.3 Å². The third-order valence-electron chi connectivity index (χ3n) is 2.50. The fraction of sp³-hybridized carbons (Fsp3) is 0.333. The quantitative estimate of drug-likeness (QED) is 0.634. The molecule has 5 heteroatoms. The lowest BCUT2D eigenvalue weighted by atomic mass is 10.0. The maximum atomic E-state index is 11.7. The predicted molar refractivity (Wildman–Crippen MR) is 58.8 cm³/mol. The first-order valence-electron chi connectivity index (χ1n) is 5.23. The molecule has 1 aromatic rings. The van der Waals surface area contributed by atoms with E-state index in [-0.39, 0.29) is 0 Å². The van der Waals surface area contributed by atoms with Gasteiger partial charge in [0.2, 0.25) is 0 Å². The second-order valence-corrected chi connectivity index (χ2v) is 3.80. The summed E-state index contributed by atoms with van der Waals surface area (Å²) >= 11 is 0. The number of fused-ring (bicyclic) bond motifs is 1. The number of Topliss-reactive ketones (excluding diaryl/α,β-unsaturated/α-hetero) is 1. The van der Waals surface area contributed by atoms with Crippen molar-refractivity contribution >= 4 is 11.8 Å². The molecule has 1 aromatic carbocycles. The van der Waals surface area contributed by atoms with E-state index in [9.17, 15) is 9.59 Å². The van der Waals surface area contributed by atoms with E-state index in [1.807, 2.05) is 0 Å². The highest BCUT2D eigenvalue weighted by atomic mass is 16.6. The maximum Gasteiger partial charge on any atom is 0.311 e. The first-order valence-corrected chi connectivity index (χ1v) is 5.23. The molecule has 0 aliphatic carbocycles. The summed E-state index contributed by atoms with van der Waals surface area (Å²) in [5.41, 5.74) is 1.07. The lowest BCUT2D eigenvalue weighted by molar-refractivity contribution is -0.135. The lowest BCUT2D eigenvalue weighted by Gasteiger charge is -2.19. The smallest absolute Gasteiger partial charge is 0.311 e. The van der Waals surface area contributed by atoms with Gasteiger partial charge in [-0.1, -0.05) is 0 Å². The van der Waals surface area contributed by atoms with Crippen LogP contribution in [0.1, 0.15) is 22.3 Å². The van der Waals surface area contributed by atoms with Gasteiger partial charge >= 0.3 is 5.97 Å². The molecule has 90 valence electrons. The maximum absolute atomic E-state index is 11.7. The van der Waals surface area contributed by atoms with E-state index in [0.29, 0.717) is 35.8 Å². The summed E-state index contributed by atoms with van der Waals surface area (Å²) < 4.78 is 10.7. The number of carboxylic acid groups (broad SMARTS) is 1. The molecule has 0 bridgehead atoms. The molecule has 0 saturated heterocycles. The van der Waals surface area contributed by atoms with Crippen molar-refractivity contribution in [3.8, 4) is 11.5 Å². The molecule has 0 amide bonds. The van der Waals surface area contributed by atoms with E-state index in [1.54, 1.807) is 19.1 Å². The van der Waals surface area contributed by atoms with Gasteiger partial charge < -0.3 is 14.6 Å². The number of ether oxygens (including phenoxy) is 2. The summed E-state index contributed by atoms with van der Waals surface area (Å²) in [6, 6.07) is 3.25. The second-order valence-electron chi connectivity index (χ2n) is 3.80. The number of carbonyl (C=O) groups is 2. The normalized spacial score (nSPS) is 13.2. The largest absolute Gasteiger partial charge is 0.486 e. The second kappa shape index (κ2) is 4.45. The Morgan fingerprint density at radius 3 is 2.41 bits per heavy atom. The minimum Gasteiger partial charge on any atom is -0.486 e. The Balaban J connectivity index is 2.34. The topological polar surface area (TPSA) is 72.8 Å². The fourth-order valence-corrected chi connectivity index (χ4v) is 1.72. The van der Waals surface area contributed by atoms with Gasteiger partial charge in [-0.2, -0.15) is 0 Å². The van der Waals surface area contributed by atoms with Gasteiger partial charge in [0, 0.05) is 5.56 Å². The van der Waals surface area contributed by atoms with E-state index >= 15 is 0 Å². The highest BCUT2D eigenvalue weighted by Gasteiger charge is 2.19. The molecule has 0 radical (unpaired) electrons. The minimum absolute atomic E-state index is 0.372. The highest BCUT2D eigenvalue weighted by molar-refractivity contribution is 6.06. The van der Waals surface area contributed by atoms with Gasteiger partial charge in [-0.3, -0.25) is 9.59 Å². The summed E-state index contributed by atoms with van der Waals surface area (Å²) in [7, 11) is 0. The van der Waals surface area contributed by atoms with Crippen LogP contribution in [0.25, 0.3) is 0 Å². The van der Waals surface area contributed by atoms with Crippen LogP contribution in [-0.4, -0.2) is 30.1 Å². The molecular weight excluding hydrogens is 224 g/mol. The average molecular weight is 236 g/mol. The molecule has 0 saturated carbocycles. The zero-order chi connectivity index (χ0) is 12.4. The van der Waals surface area contributed by atoms with Gasteiger partial charge in [-0.25, -0.2) is 0 Å². The summed E-state index contributed by atoms with van der Waals surface area (Å²) in [6.45, 7) is 2.66. The molecule has 0 spiro atoms. The van der Waals surface area contributed by atoms with Gasteiger partial charge in [0.1, 0.15) is 19.6 Å². The first kappa shape index (κ1) is 11.4. The van der Waals surface area contributed by atoms with E-state index in [1.165, 1.54) is 0 Å². The van der Waals surface area contributed by atoms with Crippen molar-refractivity contribution in [2.45, 2.75) is 13.3 Å². The molecule has 5 nitrogen and oxygen atoms in total. The van der Waals surface area contributed by atoms with Gasteiger partial charge in [0.05, 0.1) is 0 Å². The number of carbonyl (C=O) groups excluding carboxylic acids is 1. The van der Waals surface area contributed by atoms with Crippen molar-refractivity contribution in [1.29, 1.82) is 0 Å². The molecule has 0 atom stereocenters. The van der Waals surface area contributed by atoms with E-state index < -0.39 is 18.2 Å². The van der Waals surface area contributed by atoms with Crippen molar-refractivity contribution in [3.63, 3.8) is 0 Å². The number of carboxylic acids is 1. The monoisotopic (exact) mass is 236 g/mol. The number of aryl methyl sites for hydroxylation is 1. The van der Waals surface area contributed by atoms with Crippen LogP contribution in [0.3, 0.4) is 0 Å². The number of rotatable bonds is 3. The summed E-state index contributed by atoms with van der Waals surface area (Å²) in [6.07, 6.45) is -0.513. The van der Waals surface area contributed by atoms with Gasteiger partial charge in [0.15, 0.2) is 17.3 Å². The molecule has 2 rings (SSSR count). The summed E-state index contributed by atoms with van der Waals surface area (Å²) in [5.74, 6) is -0.465. The predicted octanol–water partition coefficient (Wildman–Crippen LogP) is 1.42. The number of hydrogen-bond donors (Lipinski definition) is 1. The van der Waals surface area contributed by atoms with Crippen molar-refractivity contribution < 1.29 is 24.2 Å². The van der Waals surface area contributed by atoms with Crippen LogP contribution in [0.15, 0.2) is 12.1 Å². The van der Waals surface area contributed by atoms with Crippen molar-refractivity contribution in [2.24, 2.45) is 0 Å². The van der Waals surface area contributed by atoms with Gasteiger partial charge in [0.25, 0.3) is 0 Å². The Morgan fingerprint density at radius 1 is 1.24 bits per heavy atom. The van der Waals surface area contributed by atoms with Crippen LogP contribution < -0.4 is 9.47 Å². The zero-order valence-corrected chi connectivity index (χ0v) is 9.36. The number of ketones is 1. The fourth-order valence-electron chi connectivity index (χ4n) is 1.72. The van der Waals surface area contributed by atoms with E-state index in [2.05, 4.69) is 0 Å². The Labute approximate surface area is 98.0 Å². The molecule has 1 heterocycles. The standard InChI is InChI=1S/C12H12O5/c1-7-4-10-11(17-3-2-16-10)5-8(7)9(13)6-12(14)15/h4-5H,2-3,6H2,1H3,(H,14,15). The van der Waals surface area contributed by atoms with Crippen molar-refractivity contribution in [1.82, 2.24) is 0 Å². The molecule has 0 unspecified atom stereocenters.